The Balaban J connectivity index is 1.71. The number of nitrogens with zero attached hydrogens (tertiary/aromatic N) is 1. The SMILES string of the molecule is CCC1CCCCCN1CCCOc1cccc(N)c1. The van der Waals surface area contributed by atoms with Crippen LogP contribution in [0.2, 0.25) is 0 Å². The van der Waals surface area contributed by atoms with Crippen LogP contribution in [0, 0.1) is 0 Å². The fourth-order valence-corrected chi connectivity index (χ4v) is 3.06. The third-order valence-electron chi connectivity index (χ3n) is 4.19. The quantitative estimate of drug-likeness (QED) is 0.636. The standard InChI is InChI=1S/C17H28N2O/c1-2-16-9-4-3-5-11-19(16)12-7-13-20-17-10-6-8-15(18)14-17/h6,8,10,14,16H,2-5,7,9,11-13,18H2,1H3. The van der Waals surface area contributed by atoms with Crippen LogP contribution in [0.3, 0.4) is 0 Å². The van der Waals surface area contributed by atoms with Crippen LogP contribution in [0.1, 0.15) is 45.4 Å². The van der Waals surface area contributed by atoms with Crippen LogP contribution in [-0.2, 0) is 0 Å². The summed E-state index contributed by atoms with van der Waals surface area (Å²) in [5, 5.41) is 0. The van der Waals surface area contributed by atoms with E-state index in [0.29, 0.717) is 0 Å². The minimum Gasteiger partial charge on any atom is -0.493 e. The van der Waals surface area contributed by atoms with E-state index in [2.05, 4.69) is 11.8 Å². The molecule has 3 nitrogen and oxygen atoms in total. The first-order chi connectivity index (χ1) is 9.79. The molecule has 1 fully saturated rings. The van der Waals surface area contributed by atoms with Gasteiger partial charge in [-0.3, -0.25) is 0 Å². The van der Waals surface area contributed by atoms with Gasteiger partial charge in [-0.1, -0.05) is 25.8 Å². The normalized spacial score (nSPS) is 20.6. The van der Waals surface area contributed by atoms with Crippen molar-refractivity contribution in [2.45, 2.75) is 51.5 Å². The van der Waals surface area contributed by atoms with Crippen molar-refractivity contribution in [3.8, 4) is 5.75 Å². The minimum absolute atomic E-state index is 0.765. The fraction of sp³-hybridized carbons (Fsp3) is 0.647. The zero-order valence-corrected chi connectivity index (χ0v) is 12.7. The summed E-state index contributed by atoms with van der Waals surface area (Å²) in [6.07, 6.45) is 7.88. The molecule has 0 spiro atoms. The average Bonchev–Trinajstić information content (AvgIpc) is 2.68. The second-order valence-corrected chi connectivity index (χ2v) is 5.72. The van der Waals surface area contributed by atoms with Gasteiger partial charge in [0.15, 0.2) is 0 Å². The van der Waals surface area contributed by atoms with Gasteiger partial charge in [0, 0.05) is 24.3 Å². The number of ether oxygens (including phenoxy) is 1. The third-order valence-corrected chi connectivity index (χ3v) is 4.19. The van der Waals surface area contributed by atoms with E-state index in [1.54, 1.807) is 0 Å². The molecule has 2 rings (SSSR count). The molecule has 1 atom stereocenters. The van der Waals surface area contributed by atoms with E-state index < -0.39 is 0 Å². The van der Waals surface area contributed by atoms with Gasteiger partial charge < -0.3 is 15.4 Å². The van der Waals surface area contributed by atoms with Crippen molar-refractivity contribution in [2.24, 2.45) is 0 Å². The van der Waals surface area contributed by atoms with Gasteiger partial charge in [0.2, 0.25) is 0 Å². The first kappa shape index (κ1) is 15.2. The molecule has 0 bridgehead atoms. The van der Waals surface area contributed by atoms with E-state index in [4.69, 9.17) is 10.5 Å². The average molecular weight is 276 g/mol. The topological polar surface area (TPSA) is 38.5 Å². The Labute approximate surface area is 123 Å². The van der Waals surface area contributed by atoms with E-state index in [-0.39, 0.29) is 0 Å². The molecule has 0 aliphatic carbocycles. The molecule has 1 aliphatic heterocycles. The Kier molecular flexibility index (Phi) is 6.19. The predicted octanol–water partition coefficient (Wildman–Crippen LogP) is 3.69. The number of benzene rings is 1. The van der Waals surface area contributed by atoms with Gasteiger partial charge >= 0.3 is 0 Å². The molecule has 0 radical (unpaired) electrons. The maximum Gasteiger partial charge on any atom is 0.121 e. The lowest BCUT2D eigenvalue weighted by Gasteiger charge is -2.29. The highest BCUT2D eigenvalue weighted by molar-refractivity contribution is 5.43. The molecule has 1 aromatic rings. The molecule has 2 N–H and O–H groups in total. The minimum atomic E-state index is 0.765. The summed E-state index contributed by atoms with van der Waals surface area (Å²) in [4.78, 5) is 2.66. The summed E-state index contributed by atoms with van der Waals surface area (Å²) in [7, 11) is 0. The third kappa shape index (κ3) is 4.71. The Morgan fingerprint density at radius 3 is 3.00 bits per heavy atom. The Bertz CT molecular complexity index is 394. The molecule has 0 aromatic heterocycles. The predicted molar refractivity (Wildman–Crippen MR) is 85.1 cm³/mol. The maximum atomic E-state index is 5.77. The molecule has 1 aromatic carbocycles. The monoisotopic (exact) mass is 276 g/mol. The van der Waals surface area contributed by atoms with E-state index >= 15 is 0 Å². The molecule has 3 heteroatoms. The highest BCUT2D eigenvalue weighted by Gasteiger charge is 2.18. The molecule has 1 heterocycles. The van der Waals surface area contributed by atoms with E-state index in [9.17, 15) is 0 Å². The van der Waals surface area contributed by atoms with Crippen molar-refractivity contribution in [3.63, 3.8) is 0 Å². The lowest BCUT2D eigenvalue weighted by Crippen LogP contribution is -2.35. The molecular formula is C17H28N2O. The van der Waals surface area contributed by atoms with Gasteiger partial charge in [0.05, 0.1) is 6.61 Å². The number of hydrogen-bond acceptors (Lipinski definition) is 3. The highest BCUT2D eigenvalue weighted by atomic mass is 16.5. The van der Waals surface area contributed by atoms with E-state index in [1.165, 1.54) is 38.6 Å². The van der Waals surface area contributed by atoms with Crippen molar-refractivity contribution in [2.75, 3.05) is 25.4 Å². The van der Waals surface area contributed by atoms with Gasteiger partial charge in [-0.25, -0.2) is 0 Å². The summed E-state index contributed by atoms with van der Waals surface area (Å²) in [5.74, 6) is 0.882. The van der Waals surface area contributed by atoms with Gasteiger partial charge in [0.25, 0.3) is 0 Å². The van der Waals surface area contributed by atoms with Gasteiger partial charge in [-0.2, -0.15) is 0 Å². The zero-order chi connectivity index (χ0) is 14.2. The first-order valence-corrected chi connectivity index (χ1v) is 8.02. The first-order valence-electron chi connectivity index (χ1n) is 8.02. The molecule has 0 amide bonds. The van der Waals surface area contributed by atoms with Gasteiger partial charge in [-0.05, 0) is 44.4 Å². The number of nitrogen functional groups attached to an aromatic ring is 1. The highest BCUT2D eigenvalue weighted by Crippen LogP contribution is 2.19. The van der Waals surface area contributed by atoms with Crippen molar-refractivity contribution >= 4 is 5.69 Å². The number of anilines is 1. The second kappa shape index (κ2) is 8.15. The number of rotatable bonds is 6. The summed E-state index contributed by atoms with van der Waals surface area (Å²) < 4.78 is 5.77. The number of nitrogens with two attached hydrogens (primary N) is 1. The number of hydrogen-bond donors (Lipinski definition) is 1. The molecule has 112 valence electrons. The molecule has 20 heavy (non-hydrogen) atoms. The summed E-state index contributed by atoms with van der Waals surface area (Å²) in [5.41, 5.74) is 6.51. The van der Waals surface area contributed by atoms with Crippen molar-refractivity contribution in [3.05, 3.63) is 24.3 Å². The Morgan fingerprint density at radius 1 is 1.30 bits per heavy atom. The van der Waals surface area contributed by atoms with Crippen LogP contribution in [0.4, 0.5) is 5.69 Å². The molecular weight excluding hydrogens is 248 g/mol. The zero-order valence-electron chi connectivity index (χ0n) is 12.7. The van der Waals surface area contributed by atoms with Crippen LogP contribution >= 0.6 is 0 Å². The van der Waals surface area contributed by atoms with E-state index in [1.807, 2.05) is 24.3 Å². The fourth-order valence-electron chi connectivity index (χ4n) is 3.06. The number of likely N-dealkylation sites (tertiary alicyclic amines) is 1. The summed E-state index contributed by atoms with van der Waals surface area (Å²) in [6.45, 7) is 5.50. The largest absolute Gasteiger partial charge is 0.493 e. The molecule has 1 aliphatic rings. The van der Waals surface area contributed by atoms with E-state index in [0.717, 1.165) is 37.1 Å². The van der Waals surface area contributed by atoms with Crippen molar-refractivity contribution < 1.29 is 4.74 Å². The van der Waals surface area contributed by atoms with Gasteiger partial charge in [0.1, 0.15) is 5.75 Å². The van der Waals surface area contributed by atoms with Crippen LogP contribution in [0.15, 0.2) is 24.3 Å². The Morgan fingerprint density at radius 2 is 2.20 bits per heavy atom. The second-order valence-electron chi connectivity index (χ2n) is 5.72. The van der Waals surface area contributed by atoms with Crippen LogP contribution < -0.4 is 10.5 Å². The van der Waals surface area contributed by atoms with Gasteiger partial charge in [-0.15, -0.1) is 0 Å². The smallest absolute Gasteiger partial charge is 0.121 e. The van der Waals surface area contributed by atoms with Crippen molar-refractivity contribution in [1.29, 1.82) is 0 Å². The molecule has 1 saturated heterocycles. The Hall–Kier alpha value is -1.22. The molecule has 1 unspecified atom stereocenters. The van der Waals surface area contributed by atoms with Crippen LogP contribution in [0.5, 0.6) is 5.75 Å². The lowest BCUT2D eigenvalue weighted by molar-refractivity contribution is 0.177. The summed E-state index contributed by atoms with van der Waals surface area (Å²) in [6, 6.07) is 8.46. The maximum absolute atomic E-state index is 5.77. The van der Waals surface area contributed by atoms with Crippen molar-refractivity contribution in [1.82, 2.24) is 4.90 Å². The van der Waals surface area contributed by atoms with Crippen LogP contribution in [0.25, 0.3) is 0 Å². The summed E-state index contributed by atoms with van der Waals surface area (Å²) >= 11 is 0. The van der Waals surface area contributed by atoms with Crippen LogP contribution in [-0.4, -0.2) is 30.6 Å². The molecule has 0 saturated carbocycles. The lowest BCUT2D eigenvalue weighted by atomic mass is 10.1.